The van der Waals surface area contributed by atoms with Gasteiger partial charge in [0.25, 0.3) is 0 Å². The third kappa shape index (κ3) is 3.20. The summed E-state index contributed by atoms with van der Waals surface area (Å²) in [5.41, 5.74) is -0.324. The number of carbonyl (C=O) groups is 1. The van der Waals surface area contributed by atoms with E-state index in [2.05, 4.69) is 4.99 Å². The normalized spacial score (nSPS) is 25.2. The molecule has 16 heavy (non-hydrogen) atoms. The van der Waals surface area contributed by atoms with Crippen LogP contribution >= 0.6 is 0 Å². The van der Waals surface area contributed by atoms with E-state index in [1.165, 1.54) is 14.2 Å². The lowest BCUT2D eigenvalue weighted by atomic mass is 10.1. The number of rotatable bonds is 2. The molecule has 0 spiro atoms. The highest BCUT2D eigenvalue weighted by Crippen LogP contribution is 2.24. The molecule has 0 radical (unpaired) electrons. The predicted molar refractivity (Wildman–Crippen MR) is 59.5 cm³/mol. The van der Waals surface area contributed by atoms with Gasteiger partial charge in [0, 0.05) is 0 Å². The average Bonchev–Trinajstić information content (AvgIpc) is 2.57. The van der Waals surface area contributed by atoms with E-state index in [4.69, 9.17) is 14.2 Å². The Labute approximate surface area is 95.8 Å². The molecule has 0 saturated carbocycles. The number of nitrogens with zero attached hydrogens (tertiary/aromatic N) is 1. The van der Waals surface area contributed by atoms with Gasteiger partial charge in [-0.25, -0.2) is 9.79 Å². The molecular weight excluding hydrogens is 210 g/mol. The van der Waals surface area contributed by atoms with Gasteiger partial charge in [-0.15, -0.1) is 0 Å². The standard InChI is InChI=1S/C11H19NO4/c1-11(2,3)16-7-6-8(14-4)12-9(7)10(13)15-5/h7,9H,6H2,1-5H3/t7-,9-/m0/s1. The molecule has 1 aliphatic rings. The second-order valence-electron chi connectivity index (χ2n) is 4.67. The van der Waals surface area contributed by atoms with Crippen molar-refractivity contribution in [2.75, 3.05) is 14.2 Å². The predicted octanol–water partition coefficient (Wildman–Crippen LogP) is 1.16. The summed E-state index contributed by atoms with van der Waals surface area (Å²) in [6.45, 7) is 5.81. The van der Waals surface area contributed by atoms with Gasteiger partial charge in [0.1, 0.15) is 6.10 Å². The molecule has 1 rings (SSSR count). The maximum Gasteiger partial charge on any atom is 0.333 e. The highest BCUT2D eigenvalue weighted by Gasteiger charge is 2.39. The lowest BCUT2D eigenvalue weighted by Gasteiger charge is -2.26. The van der Waals surface area contributed by atoms with E-state index in [-0.39, 0.29) is 17.7 Å². The molecular formula is C11H19NO4. The van der Waals surface area contributed by atoms with Gasteiger partial charge in [0.2, 0.25) is 0 Å². The summed E-state index contributed by atoms with van der Waals surface area (Å²) in [5, 5.41) is 0. The molecule has 92 valence electrons. The van der Waals surface area contributed by atoms with Gasteiger partial charge < -0.3 is 14.2 Å². The first-order valence-corrected chi connectivity index (χ1v) is 5.23. The Morgan fingerprint density at radius 3 is 2.44 bits per heavy atom. The van der Waals surface area contributed by atoms with E-state index in [0.717, 1.165) is 0 Å². The number of esters is 1. The first-order valence-electron chi connectivity index (χ1n) is 5.23. The van der Waals surface area contributed by atoms with Crippen molar-refractivity contribution in [2.24, 2.45) is 4.99 Å². The monoisotopic (exact) mass is 229 g/mol. The molecule has 0 aromatic carbocycles. The third-order valence-electron chi connectivity index (χ3n) is 2.19. The van der Waals surface area contributed by atoms with Crippen LogP contribution in [0.2, 0.25) is 0 Å². The Morgan fingerprint density at radius 2 is 2.00 bits per heavy atom. The molecule has 2 atom stereocenters. The minimum atomic E-state index is -0.612. The molecule has 5 nitrogen and oxygen atoms in total. The smallest absolute Gasteiger partial charge is 0.333 e. The lowest BCUT2D eigenvalue weighted by molar-refractivity contribution is -0.148. The first-order chi connectivity index (χ1) is 7.37. The Morgan fingerprint density at radius 1 is 1.38 bits per heavy atom. The van der Waals surface area contributed by atoms with Crippen LogP contribution in [-0.2, 0) is 19.0 Å². The van der Waals surface area contributed by atoms with Gasteiger partial charge in [-0.3, -0.25) is 0 Å². The number of hydrogen-bond acceptors (Lipinski definition) is 5. The molecule has 0 bridgehead atoms. The summed E-state index contributed by atoms with van der Waals surface area (Å²) < 4.78 is 15.5. The van der Waals surface area contributed by atoms with Crippen molar-refractivity contribution in [1.29, 1.82) is 0 Å². The van der Waals surface area contributed by atoms with Gasteiger partial charge in [-0.2, -0.15) is 0 Å². The van der Waals surface area contributed by atoms with Crippen LogP contribution in [0.4, 0.5) is 0 Å². The van der Waals surface area contributed by atoms with Gasteiger partial charge >= 0.3 is 5.97 Å². The second-order valence-corrected chi connectivity index (χ2v) is 4.67. The largest absolute Gasteiger partial charge is 0.484 e. The SMILES string of the molecule is COC(=O)[C@H]1N=C(OC)C[C@@H]1OC(C)(C)C. The summed E-state index contributed by atoms with van der Waals surface area (Å²) in [4.78, 5) is 15.6. The van der Waals surface area contributed by atoms with Crippen LogP contribution in [0.25, 0.3) is 0 Å². The third-order valence-corrected chi connectivity index (χ3v) is 2.19. The van der Waals surface area contributed by atoms with Crippen molar-refractivity contribution in [3.63, 3.8) is 0 Å². The quantitative estimate of drug-likeness (QED) is 0.667. The molecule has 0 aromatic rings. The summed E-state index contributed by atoms with van der Waals surface area (Å²) in [7, 11) is 2.88. The van der Waals surface area contributed by atoms with Crippen LogP contribution in [0.3, 0.4) is 0 Å². The molecule has 0 unspecified atom stereocenters. The Hall–Kier alpha value is -1.10. The zero-order chi connectivity index (χ0) is 12.3. The molecule has 0 saturated heterocycles. The van der Waals surface area contributed by atoms with Crippen LogP contribution in [0.1, 0.15) is 27.2 Å². The fourth-order valence-electron chi connectivity index (χ4n) is 1.60. The first kappa shape index (κ1) is 13.0. The zero-order valence-corrected chi connectivity index (χ0v) is 10.4. The van der Waals surface area contributed by atoms with Crippen LogP contribution in [-0.4, -0.2) is 43.8 Å². The summed E-state index contributed by atoms with van der Waals surface area (Å²) in [6, 6.07) is -0.612. The topological polar surface area (TPSA) is 57.1 Å². The van der Waals surface area contributed by atoms with E-state index < -0.39 is 6.04 Å². The van der Waals surface area contributed by atoms with Crippen molar-refractivity contribution in [3.05, 3.63) is 0 Å². The van der Waals surface area contributed by atoms with Crippen molar-refractivity contribution < 1.29 is 19.0 Å². The summed E-state index contributed by atoms with van der Waals surface area (Å²) in [5.74, 6) is 0.144. The van der Waals surface area contributed by atoms with Gasteiger partial charge in [-0.05, 0) is 20.8 Å². The van der Waals surface area contributed by atoms with Gasteiger partial charge in [-0.1, -0.05) is 0 Å². The van der Waals surface area contributed by atoms with Crippen LogP contribution in [0.5, 0.6) is 0 Å². The van der Waals surface area contributed by atoms with E-state index in [9.17, 15) is 4.79 Å². The van der Waals surface area contributed by atoms with Crippen LogP contribution in [0.15, 0.2) is 4.99 Å². The van der Waals surface area contributed by atoms with Crippen LogP contribution < -0.4 is 0 Å². The Bertz CT molecular complexity index is 293. The van der Waals surface area contributed by atoms with Gasteiger partial charge in [0.15, 0.2) is 11.9 Å². The maximum absolute atomic E-state index is 11.5. The molecule has 5 heteroatoms. The molecule has 0 aromatic heterocycles. The van der Waals surface area contributed by atoms with Crippen molar-refractivity contribution in [2.45, 2.75) is 44.9 Å². The number of aliphatic imine (C=N–C) groups is 1. The molecule has 0 amide bonds. The van der Waals surface area contributed by atoms with E-state index in [0.29, 0.717) is 12.3 Å². The zero-order valence-electron chi connectivity index (χ0n) is 10.4. The molecule has 1 heterocycles. The minimum Gasteiger partial charge on any atom is -0.484 e. The van der Waals surface area contributed by atoms with E-state index in [1.807, 2.05) is 20.8 Å². The Kier molecular flexibility index (Phi) is 3.91. The summed E-state index contributed by atoms with van der Waals surface area (Å²) in [6.07, 6.45) is 0.204. The number of methoxy groups -OCH3 is 2. The number of ether oxygens (including phenoxy) is 3. The fourth-order valence-corrected chi connectivity index (χ4v) is 1.60. The maximum atomic E-state index is 11.5. The highest BCUT2D eigenvalue weighted by atomic mass is 16.5. The van der Waals surface area contributed by atoms with Crippen molar-refractivity contribution >= 4 is 11.9 Å². The Balaban J connectivity index is 2.74. The van der Waals surface area contributed by atoms with Crippen molar-refractivity contribution in [1.82, 2.24) is 0 Å². The van der Waals surface area contributed by atoms with E-state index in [1.54, 1.807) is 0 Å². The second kappa shape index (κ2) is 4.82. The van der Waals surface area contributed by atoms with Crippen LogP contribution in [0, 0.1) is 0 Å². The number of hydrogen-bond donors (Lipinski definition) is 0. The number of carbonyl (C=O) groups excluding carboxylic acids is 1. The van der Waals surface area contributed by atoms with E-state index >= 15 is 0 Å². The molecule has 1 aliphatic heterocycles. The molecule has 0 N–H and O–H groups in total. The summed E-state index contributed by atoms with van der Waals surface area (Å²) >= 11 is 0. The fraction of sp³-hybridized carbons (Fsp3) is 0.818. The highest BCUT2D eigenvalue weighted by molar-refractivity contribution is 5.87. The molecule has 0 aliphatic carbocycles. The van der Waals surface area contributed by atoms with Crippen molar-refractivity contribution in [3.8, 4) is 0 Å². The molecule has 0 fully saturated rings. The average molecular weight is 229 g/mol. The lowest BCUT2D eigenvalue weighted by Crippen LogP contribution is -2.37. The minimum absolute atomic E-state index is 0.303. The van der Waals surface area contributed by atoms with Gasteiger partial charge in [0.05, 0.1) is 26.2 Å².